The Hall–Kier alpha value is -1.66. The summed E-state index contributed by atoms with van der Waals surface area (Å²) in [4.78, 5) is 23.3. The molecule has 0 saturated carbocycles. The van der Waals surface area contributed by atoms with Gasteiger partial charge in [0.1, 0.15) is 67.1 Å². The smallest absolute Gasteiger partial charge is 0.305 e. The number of esters is 1. The molecule has 3 rings (SSSR count). The third-order valence-corrected chi connectivity index (χ3v) is 9.31. The molecule has 16 atom stereocenters. The summed E-state index contributed by atoms with van der Waals surface area (Å²) >= 11 is 0. The minimum absolute atomic E-state index is 0.0206. The number of aliphatic hydroxyl groups excluding tert-OH is 8. The van der Waals surface area contributed by atoms with Crippen LogP contribution in [0.15, 0.2) is 0 Å². The number of nitrogens with one attached hydrogen (secondary N) is 2. The first kappa shape index (κ1) is 43.7. The van der Waals surface area contributed by atoms with E-state index in [1.807, 2.05) is 6.92 Å². The first-order valence-electron chi connectivity index (χ1n) is 17.5. The van der Waals surface area contributed by atoms with Gasteiger partial charge in [-0.3, -0.25) is 9.59 Å². The fraction of sp³-hybridized carbons (Fsp3) is 0.938. The van der Waals surface area contributed by atoms with Gasteiger partial charge in [0.25, 0.3) is 0 Å². The molecule has 0 aromatic rings. The van der Waals surface area contributed by atoms with E-state index < -0.39 is 111 Å². The maximum absolute atomic E-state index is 12.0. The van der Waals surface area contributed by atoms with Crippen LogP contribution in [0, 0.1) is 0 Å². The third kappa shape index (κ3) is 12.2. The molecule has 51 heavy (non-hydrogen) atoms. The summed E-state index contributed by atoms with van der Waals surface area (Å²) in [5.74, 6) is -0.850. The Morgan fingerprint density at radius 1 is 0.745 bits per heavy atom. The summed E-state index contributed by atoms with van der Waals surface area (Å²) < 4.78 is 40.0. The summed E-state index contributed by atoms with van der Waals surface area (Å²) in [6.45, 7) is 3.49. The van der Waals surface area contributed by atoms with Crippen molar-refractivity contribution < 1.29 is 83.6 Å². The molecule has 1 amide bonds. The van der Waals surface area contributed by atoms with Gasteiger partial charge in [0.2, 0.25) is 5.91 Å². The minimum Gasteiger partial charge on any atom is -0.469 e. The molecule has 3 fully saturated rings. The van der Waals surface area contributed by atoms with Crippen LogP contribution in [0.1, 0.15) is 59.3 Å². The first-order chi connectivity index (χ1) is 24.2. The van der Waals surface area contributed by atoms with Gasteiger partial charge in [-0.15, -0.1) is 0 Å². The van der Waals surface area contributed by atoms with Gasteiger partial charge in [-0.05, 0) is 26.7 Å². The van der Waals surface area contributed by atoms with Crippen LogP contribution in [0.5, 0.6) is 0 Å². The Labute approximate surface area is 297 Å². The highest BCUT2D eigenvalue weighted by molar-refractivity contribution is 5.73. The largest absolute Gasteiger partial charge is 0.469 e. The predicted octanol–water partition coefficient (Wildman–Crippen LogP) is -3.89. The number of methoxy groups -OCH3 is 1. The number of amides is 1. The Kier molecular flexibility index (Phi) is 18.3. The molecule has 298 valence electrons. The lowest BCUT2D eigenvalue weighted by atomic mass is 9.95. The van der Waals surface area contributed by atoms with E-state index in [1.165, 1.54) is 14.0 Å². The van der Waals surface area contributed by atoms with E-state index in [0.29, 0.717) is 13.0 Å². The quantitative estimate of drug-likeness (QED) is 0.0447. The highest BCUT2D eigenvalue weighted by Gasteiger charge is 2.54. The number of hydrogen-bond acceptors (Lipinski definition) is 18. The van der Waals surface area contributed by atoms with Crippen molar-refractivity contribution in [3.63, 3.8) is 0 Å². The monoisotopic (exact) mass is 742 g/mol. The molecule has 3 aliphatic rings. The van der Waals surface area contributed by atoms with Gasteiger partial charge < -0.3 is 84.6 Å². The fourth-order valence-electron chi connectivity index (χ4n) is 6.26. The molecule has 19 heteroatoms. The lowest BCUT2D eigenvalue weighted by molar-refractivity contribution is -0.385. The number of hydrogen-bond donors (Lipinski definition) is 10. The third-order valence-electron chi connectivity index (χ3n) is 9.31. The molecule has 10 N–H and O–H groups in total. The van der Waals surface area contributed by atoms with Crippen LogP contribution in [0.2, 0.25) is 0 Å². The van der Waals surface area contributed by atoms with E-state index in [2.05, 4.69) is 15.4 Å². The van der Waals surface area contributed by atoms with Gasteiger partial charge >= 0.3 is 5.97 Å². The van der Waals surface area contributed by atoms with Crippen molar-refractivity contribution in [2.75, 3.05) is 33.5 Å². The molecule has 0 bridgehead atoms. The van der Waals surface area contributed by atoms with Crippen LogP contribution >= 0.6 is 0 Å². The summed E-state index contributed by atoms with van der Waals surface area (Å²) in [5.41, 5.74) is 0. The van der Waals surface area contributed by atoms with Crippen molar-refractivity contribution in [2.24, 2.45) is 0 Å². The maximum atomic E-state index is 12.0. The van der Waals surface area contributed by atoms with Gasteiger partial charge in [-0.1, -0.05) is 19.3 Å². The van der Waals surface area contributed by atoms with Crippen molar-refractivity contribution >= 4 is 11.9 Å². The number of aliphatic hydroxyl groups is 8. The number of carbonyl (C=O) groups is 2. The predicted molar refractivity (Wildman–Crippen MR) is 172 cm³/mol. The van der Waals surface area contributed by atoms with E-state index in [1.54, 1.807) is 0 Å². The highest BCUT2D eigenvalue weighted by Crippen LogP contribution is 2.33. The summed E-state index contributed by atoms with van der Waals surface area (Å²) in [6.07, 6.45) is -16.5. The van der Waals surface area contributed by atoms with Crippen LogP contribution in [0.25, 0.3) is 0 Å². The van der Waals surface area contributed by atoms with E-state index in [0.717, 1.165) is 39.0 Å². The molecule has 0 radical (unpaired) electrons. The van der Waals surface area contributed by atoms with Gasteiger partial charge in [-0.2, -0.15) is 0 Å². The zero-order valence-corrected chi connectivity index (χ0v) is 29.6. The standard InChI is InChI=1S/C32H58N2O17/c1-15(9-7-5-6-8-10-20(38)45-4)33-11-12-46-32-29(51-31-27(44)26(43)22(39)16(2)47-31)28(24(41)19(14-36)49-32)50-30-21(34-17(3)37)25(42)23(40)18(13-35)48-30/h15-16,18-19,21-33,35-36,39-44H,5-14H2,1-4H3,(H,34,37)/t15?,16-,18+,19+,21+,22+,23-,24-,25+,26+,27-,28-,29+,30+,31-,32+/m0/s1. The van der Waals surface area contributed by atoms with Gasteiger partial charge in [0.05, 0.1) is 33.0 Å². The Morgan fingerprint density at radius 3 is 2.02 bits per heavy atom. The number of ether oxygens (including phenoxy) is 7. The van der Waals surface area contributed by atoms with Crippen molar-refractivity contribution in [1.29, 1.82) is 0 Å². The zero-order valence-electron chi connectivity index (χ0n) is 29.6. The molecule has 0 aromatic carbocycles. The van der Waals surface area contributed by atoms with Crippen LogP contribution in [0.4, 0.5) is 0 Å². The molecule has 0 aromatic heterocycles. The van der Waals surface area contributed by atoms with E-state index >= 15 is 0 Å². The number of unbranched alkanes of at least 4 members (excludes halogenated alkanes) is 3. The summed E-state index contributed by atoms with van der Waals surface area (Å²) in [7, 11) is 1.37. The molecule has 1 unspecified atom stereocenters. The van der Waals surface area contributed by atoms with Crippen molar-refractivity contribution in [1.82, 2.24) is 10.6 Å². The molecule has 19 nitrogen and oxygen atoms in total. The molecule has 0 spiro atoms. The second-order valence-corrected chi connectivity index (χ2v) is 13.3. The fourth-order valence-corrected chi connectivity index (χ4v) is 6.26. The maximum Gasteiger partial charge on any atom is 0.305 e. The molecular weight excluding hydrogens is 684 g/mol. The lowest BCUT2D eigenvalue weighted by Gasteiger charge is -2.49. The zero-order chi connectivity index (χ0) is 37.8. The lowest BCUT2D eigenvalue weighted by Crippen LogP contribution is -2.69. The van der Waals surface area contributed by atoms with E-state index in [-0.39, 0.29) is 18.6 Å². The van der Waals surface area contributed by atoms with Crippen molar-refractivity contribution in [3.05, 3.63) is 0 Å². The molecular formula is C32H58N2O17. The normalized spacial score (nSPS) is 39.3. The van der Waals surface area contributed by atoms with Crippen LogP contribution in [0.3, 0.4) is 0 Å². The Morgan fingerprint density at radius 2 is 1.37 bits per heavy atom. The second-order valence-electron chi connectivity index (χ2n) is 13.3. The number of rotatable bonds is 19. The minimum atomic E-state index is -1.78. The molecule has 3 heterocycles. The highest BCUT2D eigenvalue weighted by atomic mass is 16.8. The van der Waals surface area contributed by atoms with Crippen LogP contribution < -0.4 is 10.6 Å². The Balaban J connectivity index is 1.76. The Bertz CT molecular complexity index is 1050. The van der Waals surface area contributed by atoms with Crippen LogP contribution in [-0.4, -0.2) is 184 Å². The number of carbonyl (C=O) groups excluding carboxylic acids is 2. The molecule has 3 saturated heterocycles. The van der Waals surface area contributed by atoms with Gasteiger partial charge in [0, 0.05) is 25.9 Å². The summed E-state index contributed by atoms with van der Waals surface area (Å²) in [5, 5.41) is 89.6. The molecule has 3 aliphatic heterocycles. The molecule has 0 aliphatic carbocycles. The van der Waals surface area contributed by atoms with E-state index in [9.17, 15) is 50.4 Å². The second kappa shape index (κ2) is 21.3. The van der Waals surface area contributed by atoms with E-state index in [4.69, 9.17) is 28.4 Å². The average molecular weight is 743 g/mol. The average Bonchev–Trinajstić information content (AvgIpc) is 3.10. The van der Waals surface area contributed by atoms with Gasteiger partial charge in [-0.25, -0.2) is 0 Å². The van der Waals surface area contributed by atoms with Crippen molar-refractivity contribution in [2.45, 2.75) is 157 Å². The SMILES string of the molecule is COC(=O)CCCCCCC(C)NCCO[C@@H]1O[C@H](CO)[C@H](O)[C@H](O[C@H]2O[C@H](CO)[C@H](O)[C@H](O)[C@H]2NC(C)=O)[C@H]1O[C@@H]1O[C@@H](C)[C@@H](O)[C@@H](O)[C@@H]1O. The van der Waals surface area contributed by atoms with Gasteiger partial charge in [0.15, 0.2) is 18.9 Å². The topological polar surface area (TPSA) is 285 Å². The van der Waals surface area contributed by atoms with Crippen molar-refractivity contribution in [3.8, 4) is 0 Å². The van der Waals surface area contributed by atoms with Crippen LogP contribution in [-0.2, 0) is 42.7 Å². The first-order valence-corrected chi connectivity index (χ1v) is 17.5. The summed E-state index contributed by atoms with van der Waals surface area (Å²) in [6, 6.07) is -1.30.